The topological polar surface area (TPSA) is 80.0 Å². The first-order valence-corrected chi connectivity index (χ1v) is 11.3. The second-order valence-corrected chi connectivity index (χ2v) is 9.33. The molecule has 0 unspecified atom stereocenters. The lowest BCUT2D eigenvalue weighted by Gasteiger charge is -2.30. The molecule has 0 spiro atoms. The van der Waals surface area contributed by atoms with E-state index in [1.165, 1.54) is 17.1 Å². The lowest BCUT2D eigenvalue weighted by atomic mass is 10.3. The van der Waals surface area contributed by atoms with Crippen LogP contribution in [0.2, 0.25) is 0 Å². The number of rotatable bonds is 4. The molecule has 2 fully saturated rings. The largest absolute Gasteiger partial charge is 0.370 e. The van der Waals surface area contributed by atoms with E-state index < -0.39 is 16.1 Å². The van der Waals surface area contributed by atoms with Crippen molar-refractivity contribution in [3.05, 3.63) is 54.5 Å². The summed E-state index contributed by atoms with van der Waals surface area (Å²) in [6, 6.07) is 12.5. The van der Waals surface area contributed by atoms with Crippen molar-refractivity contribution in [3.8, 4) is 0 Å². The summed E-state index contributed by atoms with van der Waals surface area (Å²) in [5.41, 5.74) is 1.86. The highest BCUT2D eigenvalue weighted by molar-refractivity contribution is 7.89. The Kier molecular flexibility index (Phi) is 4.73. The van der Waals surface area contributed by atoms with E-state index in [0.717, 1.165) is 24.4 Å². The second kappa shape index (κ2) is 7.40. The highest BCUT2D eigenvalue weighted by Gasteiger charge is 2.33. The van der Waals surface area contributed by atoms with Gasteiger partial charge in [-0.05, 0) is 37.1 Å². The third kappa shape index (κ3) is 3.50. The summed E-state index contributed by atoms with van der Waals surface area (Å²) >= 11 is 0. The first-order chi connectivity index (χ1) is 14.1. The molecule has 1 aromatic carbocycles. The summed E-state index contributed by atoms with van der Waals surface area (Å²) in [5, 5.41) is 4.59. The van der Waals surface area contributed by atoms with Gasteiger partial charge in [0, 0.05) is 26.2 Å². The lowest BCUT2D eigenvalue weighted by Crippen LogP contribution is -2.42. The van der Waals surface area contributed by atoms with Gasteiger partial charge in [-0.2, -0.15) is 4.31 Å². The normalized spacial score (nSPS) is 21.1. The van der Waals surface area contributed by atoms with Crippen molar-refractivity contribution in [2.24, 2.45) is 0 Å². The molecule has 0 saturated carbocycles. The molecule has 1 atom stereocenters. The fourth-order valence-corrected chi connectivity index (χ4v) is 5.38. The van der Waals surface area contributed by atoms with Gasteiger partial charge in [0.05, 0.1) is 23.4 Å². The molecule has 2 aliphatic heterocycles. The molecule has 152 valence electrons. The SMILES string of the molecule is O=S(=O)(c1ccccc1)N1CCO[C@H](c2nc3ccc(N4CCCC4)cn3n2)C1. The molecule has 3 aromatic rings. The summed E-state index contributed by atoms with van der Waals surface area (Å²) in [4.78, 5) is 7.21. The molecule has 0 bridgehead atoms. The van der Waals surface area contributed by atoms with Crippen LogP contribution >= 0.6 is 0 Å². The Labute approximate surface area is 169 Å². The van der Waals surface area contributed by atoms with Crippen LogP contribution in [0, 0.1) is 0 Å². The number of morpholine rings is 1. The average molecular weight is 414 g/mol. The van der Waals surface area contributed by atoms with Crippen LogP contribution < -0.4 is 4.90 Å². The predicted octanol–water partition coefficient (Wildman–Crippen LogP) is 2.09. The Bertz CT molecular complexity index is 1110. The van der Waals surface area contributed by atoms with Crippen LogP contribution in [0.25, 0.3) is 5.65 Å². The Balaban J connectivity index is 1.39. The maximum absolute atomic E-state index is 12.9. The molecule has 4 heterocycles. The fourth-order valence-electron chi connectivity index (χ4n) is 3.93. The Morgan fingerprint density at radius 3 is 2.59 bits per heavy atom. The predicted molar refractivity (Wildman–Crippen MR) is 108 cm³/mol. The minimum atomic E-state index is -3.57. The first-order valence-electron chi connectivity index (χ1n) is 9.89. The number of ether oxygens (including phenoxy) is 1. The van der Waals surface area contributed by atoms with Crippen molar-refractivity contribution in [2.45, 2.75) is 23.8 Å². The van der Waals surface area contributed by atoms with E-state index in [2.05, 4.69) is 21.0 Å². The van der Waals surface area contributed by atoms with Gasteiger partial charge in [-0.25, -0.2) is 17.9 Å². The van der Waals surface area contributed by atoms with Crippen molar-refractivity contribution in [3.63, 3.8) is 0 Å². The van der Waals surface area contributed by atoms with Gasteiger partial charge in [0.15, 0.2) is 11.5 Å². The summed E-state index contributed by atoms with van der Waals surface area (Å²) in [5.74, 6) is 0.511. The smallest absolute Gasteiger partial charge is 0.243 e. The van der Waals surface area contributed by atoms with Gasteiger partial charge in [-0.1, -0.05) is 18.2 Å². The Morgan fingerprint density at radius 1 is 1.00 bits per heavy atom. The van der Waals surface area contributed by atoms with E-state index in [-0.39, 0.29) is 6.54 Å². The molecular formula is C20H23N5O3S. The van der Waals surface area contributed by atoms with Crippen LogP contribution in [0.15, 0.2) is 53.6 Å². The first kappa shape index (κ1) is 18.5. The standard InChI is InChI=1S/C20H23N5O3S/c26-29(27,17-6-2-1-3-7-17)24-12-13-28-18(15-24)20-21-19-9-8-16(14-25(19)22-20)23-10-4-5-11-23/h1-3,6-9,14,18H,4-5,10-13,15H2/t18-/m0/s1. The monoisotopic (exact) mass is 413 g/mol. The van der Waals surface area contributed by atoms with E-state index in [0.29, 0.717) is 23.9 Å². The van der Waals surface area contributed by atoms with Crippen molar-refractivity contribution in [1.29, 1.82) is 0 Å². The summed E-state index contributed by atoms with van der Waals surface area (Å²) in [6.07, 6.45) is 3.92. The van der Waals surface area contributed by atoms with Crippen molar-refractivity contribution >= 4 is 21.4 Å². The number of nitrogens with zero attached hydrogens (tertiary/aromatic N) is 5. The lowest BCUT2D eigenvalue weighted by molar-refractivity contribution is -0.00737. The highest BCUT2D eigenvalue weighted by Crippen LogP contribution is 2.26. The molecule has 2 aromatic heterocycles. The molecule has 0 aliphatic carbocycles. The van der Waals surface area contributed by atoms with E-state index in [9.17, 15) is 8.42 Å². The number of pyridine rings is 1. The van der Waals surface area contributed by atoms with E-state index in [1.807, 2.05) is 12.3 Å². The maximum Gasteiger partial charge on any atom is 0.243 e. The van der Waals surface area contributed by atoms with Crippen LogP contribution in [0.4, 0.5) is 5.69 Å². The molecule has 5 rings (SSSR count). The summed E-state index contributed by atoms with van der Waals surface area (Å²) < 4.78 is 34.9. The number of aromatic nitrogens is 3. The third-order valence-corrected chi connectivity index (χ3v) is 7.38. The van der Waals surface area contributed by atoms with Gasteiger partial charge in [0.2, 0.25) is 10.0 Å². The molecule has 0 radical (unpaired) electrons. The highest BCUT2D eigenvalue weighted by atomic mass is 32.2. The van der Waals surface area contributed by atoms with Crippen LogP contribution in [-0.4, -0.2) is 60.1 Å². The summed E-state index contributed by atoms with van der Waals surface area (Å²) in [7, 11) is -3.57. The molecule has 2 saturated heterocycles. The number of anilines is 1. The Morgan fingerprint density at radius 2 is 1.79 bits per heavy atom. The van der Waals surface area contributed by atoms with Gasteiger partial charge in [0.25, 0.3) is 0 Å². The average Bonchev–Trinajstić information content (AvgIpc) is 3.44. The van der Waals surface area contributed by atoms with E-state index in [1.54, 1.807) is 34.8 Å². The fraction of sp³-hybridized carbons (Fsp3) is 0.400. The van der Waals surface area contributed by atoms with Gasteiger partial charge >= 0.3 is 0 Å². The van der Waals surface area contributed by atoms with Crippen LogP contribution in [0.1, 0.15) is 24.8 Å². The zero-order chi connectivity index (χ0) is 19.8. The number of fused-ring (bicyclic) bond motifs is 1. The molecule has 8 nitrogen and oxygen atoms in total. The number of hydrogen-bond acceptors (Lipinski definition) is 6. The van der Waals surface area contributed by atoms with Gasteiger partial charge in [0.1, 0.15) is 6.10 Å². The van der Waals surface area contributed by atoms with Crippen molar-refractivity contribution in [2.75, 3.05) is 37.7 Å². The van der Waals surface area contributed by atoms with Crippen molar-refractivity contribution in [1.82, 2.24) is 18.9 Å². The van der Waals surface area contributed by atoms with Crippen LogP contribution in [0.3, 0.4) is 0 Å². The number of hydrogen-bond donors (Lipinski definition) is 0. The van der Waals surface area contributed by atoms with Crippen LogP contribution in [0.5, 0.6) is 0 Å². The second-order valence-electron chi connectivity index (χ2n) is 7.39. The van der Waals surface area contributed by atoms with E-state index in [4.69, 9.17) is 4.74 Å². The number of sulfonamides is 1. The number of benzene rings is 1. The van der Waals surface area contributed by atoms with Crippen molar-refractivity contribution < 1.29 is 13.2 Å². The minimum Gasteiger partial charge on any atom is -0.370 e. The molecular weight excluding hydrogens is 390 g/mol. The minimum absolute atomic E-state index is 0.201. The van der Waals surface area contributed by atoms with Gasteiger partial charge < -0.3 is 9.64 Å². The van der Waals surface area contributed by atoms with Gasteiger partial charge in [-0.15, -0.1) is 5.10 Å². The molecule has 0 N–H and O–H groups in total. The molecule has 2 aliphatic rings. The Hall–Kier alpha value is -2.49. The maximum atomic E-state index is 12.9. The summed E-state index contributed by atoms with van der Waals surface area (Å²) in [6.45, 7) is 2.95. The van der Waals surface area contributed by atoms with Crippen LogP contribution in [-0.2, 0) is 14.8 Å². The van der Waals surface area contributed by atoms with Gasteiger partial charge in [-0.3, -0.25) is 0 Å². The zero-order valence-corrected chi connectivity index (χ0v) is 16.8. The third-order valence-electron chi connectivity index (χ3n) is 5.50. The molecule has 29 heavy (non-hydrogen) atoms. The van der Waals surface area contributed by atoms with E-state index >= 15 is 0 Å². The zero-order valence-electron chi connectivity index (χ0n) is 16.0. The molecule has 9 heteroatoms. The molecule has 0 amide bonds. The quantitative estimate of drug-likeness (QED) is 0.652.